The zero-order valence-corrected chi connectivity index (χ0v) is 20.8. The molecule has 1 aliphatic heterocycles. The Morgan fingerprint density at radius 1 is 1.39 bits per heavy atom. The van der Waals surface area contributed by atoms with Crippen LogP contribution in [0.3, 0.4) is 0 Å². The third-order valence-electron chi connectivity index (χ3n) is 5.57. The molecule has 0 saturated carbocycles. The molecule has 1 aliphatic carbocycles. The summed E-state index contributed by atoms with van der Waals surface area (Å²) in [5, 5.41) is 6.87. The van der Waals surface area contributed by atoms with Crippen molar-refractivity contribution in [2.75, 3.05) is 19.6 Å². The maximum Gasteiger partial charge on any atom is 0.222 e. The van der Waals surface area contributed by atoms with Crippen LogP contribution in [0.25, 0.3) is 0 Å². The highest BCUT2D eigenvalue weighted by Gasteiger charge is 2.27. The van der Waals surface area contributed by atoms with Gasteiger partial charge in [-0.3, -0.25) is 4.79 Å². The van der Waals surface area contributed by atoms with E-state index in [1.807, 2.05) is 23.2 Å². The van der Waals surface area contributed by atoms with E-state index in [0.717, 1.165) is 38.6 Å². The van der Waals surface area contributed by atoms with Crippen LogP contribution < -0.4 is 10.6 Å². The van der Waals surface area contributed by atoms with Crippen LogP contribution in [0.5, 0.6) is 0 Å². The molecule has 0 spiro atoms. The average Bonchev–Trinajstić information content (AvgIpc) is 3.24. The van der Waals surface area contributed by atoms with Crippen LogP contribution in [0, 0.1) is 5.41 Å². The minimum atomic E-state index is 0. The van der Waals surface area contributed by atoms with Crippen molar-refractivity contribution in [2.45, 2.75) is 72.4 Å². The molecule has 158 valence electrons. The van der Waals surface area contributed by atoms with E-state index in [1.54, 1.807) is 4.88 Å². The summed E-state index contributed by atoms with van der Waals surface area (Å²) in [6, 6.07) is 2.65. The summed E-state index contributed by atoms with van der Waals surface area (Å²) in [7, 11) is 0. The van der Waals surface area contributed by atoms with Crippen LogP contribution in [0.15, 0.2) is 11.1 Å². The normalized spacial score (nSPS) is 21.1. The summed E-state index contributed by atoms with van der Waals surface area (Å²) in [5.74, 6) is 1.10. The molecule has 0 aromatic carbocycles. The van der Waals surface area contributed by atoms with Gasteiger partial charge in [0.05, 0.1) is 6.54 Å². The first-order valence-corrected chi connectivity index (χ1v) is 11.1. The fourth-order valence-electron chi connectivity index (χ4n) is 4.02. The predicted molar refractivity (Wildman–Crippen MR) is 129 cm³/mol. The minimum Gasteiger partial charge on any atom is -0.357 e. The second-order valence-electron chi connectivity index (χ2n) is 8.52. The standard InChI is InChI=1S/C21H34N4OS.HI/c1-5-19(26)25-10-8-16(14-25)24-20(22-6-2)23-13-17-11-15-12-21(3,4)9-7-18(15)27-17;/h11,16H,5-10,12-14H2,1-4H3,(H2,22,23,24);1H. The molecular formula is C21H35IN4OS. The van der Waals surface area contributed by atoms with Crippen LogP contribution in [0.4, 0.5) is 0 Å². The van der Waals surface area contributed by atoms with Gasteiger partial charge in [-0.05, 0) is 49.7 Å². The number of thiophene rings is 1. The second kappa shape index (κ2) is 10.3. The number of carbonyl (C=O) groups is 1. The van der Waals surface area contributed by atoms with E-state index in [1.165, 1.54) is 29.7 Å². The van der Waals surface area contributed by atoms with E-state index >= 15 is 0 Å². The van der Waals surface area contributed by atoms with Gasteiger partial charge >= 0.3 is 0 Å². The molecule has 1 aromatic heterocycles. The molecule has 2 heterocycles. The number of rotatable bonds is 5. The smallest absolute Gasteiger partial charge is 0.222 e. The predicted octanol–water partition coefficient (Wildman–Crippen LogP) is 3.95. The van der Waals surface area contributed by atoms with Gasteiger partial charge in [0.15, 0.2) is 5.96 Å². The van der Waals surface area contributed by atoms with Gasteiger partial charge in [-0.15, -0.1) is 35.3 Å². The van der Waals surface area contributed by atoms with E-state index in [0.29, 0.717) is 11.8 Å². The van der Waals surface area contributed by atoms with Crippen molar-refractivity contribution in [1.29, 1.82) is 0 Å². The fraction of sp³-hybridized carbons (Fsp3) is 0.714. The number of aryl methyl sites for hydroxylation is 1. The summed E-state index contributed by atoms with van der Waals surface area (Å²) < 4.78 is 0. The first-order chi connectivity index (χ1) is 12.9. The van der Waals surface area contributed by atoms with E-state index in [4.69, 9.17) is 4.99 Å². The second-order valence-corrected chi connectivity index (χ2v) is 9.74. The Morgan fingerprint density at radius 3 is 2.89 bits per heavy atom. The third-order valence-corrected chi connectivity index (χ3v) is 6.79. The molecule has 7 heteroatoms. The third kappa shape index (κ3) is 6.08. The molecule has 5 nitrogen and oxygen atoms in total. The van der Waals surface area contributed by atoms with Crippen molar-refractivity contribution in [3.8, 4) is 0 Å². The first kappa shape index (κ1) is 23.4. The SMILES string of the molecule is CCNC(=NCc1cc2c(s1)CCC(C)(C)C2)NC1CCN(C(=O)CC)C1.I. The number of fused-ring (bicyclic) bond motifs is 1. The van der Waals surface area contributed by atoms with Gasteiger partial charge in [0, 0.05) is 41.9 Å². The zero-order valence-electron chi connectivity index (χ0n) is 17.6. The van der Waals surface area contributed by atoms with Crippen molar-refractivity contribution in [3.63, 3.8) is 0 Å². The maximum atomic E-state index is 11.9. The van der Waals surface area contributed by atoms with E-state index in [-0.39, 0.29) is 35.9 Å². The van der Waals surface area contributed by atoms with Crippen molar-refractivity contribution >= 4 is 47.2 Å². The largest absolute Gasteiger partial charge is 0.357 e. The number of likely N-dealkylation sites (tertiary alicyclic amines) is 1. The Kier molecular flexibility index (Phi) is 8.60. The zero-order chi connectivity index (χ0) is 19.4. The van der Waals surface area contributed by atoms with Gasteiger partial charge in [-0.1, -0.05) is 20.8 Å². The number of hydrogen-bond donors (Lipinski definition) is 2. The summed E-state index contributed by atoms with van der Waals surface area (Å²) >= 11 is 1.93. The van der Waals surface area contributed by atoms with Crippen LogP contribution in [-0.4, -0.2) is 42.4 Å². The molecule has 0 bridgehead atoms. The Labute approximate surface area is 190 Å². The highest BCUT2D eigenvalue weighted by Crippen LogP contribution is 2.38. The lowest BCUT2D eigenvalue weighted by Crippen LogP contribution is -2.45. The van der Waals surface area contributed by atoms with Gasteiger partial charge < -0.3 is 15.5 Å². The number of halogens is 1. The Balaban J connectivity index is 0.00000280. The number of nitrogens with zero attached hydrogens (tertiary/aromatic N) is 2. The first-order valence-electron chi connectivity index (χ1n) is 10.3. The van der Waals surface area contributed by atoms with Gasteiger partial charge in [-0.25, -0.2) is 4.99 Å². The van der Waals surface area contributed by atoms with E-state index in [2.05, 4.69) is 37.5 Å². The summed E-state index contributed by atoms with van der Waals surface area (Å²) in [4.78, 5) is 21.6. The van der Waals surface area contributed by atoms with E-state index < -0.39 is 0 Å². The summed E-state index contributed by atoms with van der Waals surface area (Å²) in [6.07, 6.45) is 5.24. The molecule has 1 unspecified atom stereocenters. The maximum absolute atomic E-state index is 11.9. The van der Waals surface area contributed by atoms with Crippen LogP contribution >= 0.6 is 35.3 Å². The lowest BCUT2D eigenvalue weighted by atomic mass is 9.77. The van der Waals surface area contributed by atoms with Crippen LogP contribution in [0.1, 0.15) is 62.3 Å². The fourth-order valence-corrected chi connectivity index (χ4v) is 5.13. The van der Waals surface area contributed by atoms with Gasteiger partial charge in [0.25, 0.3) is 0 Å². The number of hydrogen-bond acceptors (Lipinski definition) is 3. The summed E-state index contributed by atoms with van der Waals surface area (Å²) in [5.41, 5.74) is 1.96. The Hall–Kier alpha value is -0.830. The number of aliphatic imine (C=N–C) groups is 1. The highest BCUT2D eigenvalue weighted by molar-refractivity contribution is 14.0. The van der Waals surface area contributed by atoms with Crippen LogP contribution in [-0.2, 0) is 24.2 Å². The molecule has 1 fully saturated rings. The van der Waals surface area contributed by atoms with Gasteiger partial charge in [0.2, 0.25) is 5.91 Å². The van der Waals surface area contributed by atoms with Crippen molar-refractivity contribution < 1.29 is 4.79 Å². The lowest BCUT2D eigenvalue weighted by molar-refractivity contribution is -0.129. The molecule has 0 radical (unpaired) electrons. The van der Waals surface area contributed by atoms with Gasteiger partial charge in [0.1, 0.15) is 0 Å². The molecule has 2 aliphatic rings. The molecule has 1 atom stereocenters. The molecule has 1 aromatic rings. The molecule has 3 rings (SSSR count). The van der Waals surface area contributed by atoms with Crippen molar-refractivity contribution in [3.05, 3.63) is 21.4 Å². The Morgan fingerprint density at radius 2 is 2.18 bits per heavy atom. The highest BCUT2D eigenvalue weighted by atomic mass is 127. The van der Waals surface area contributed by atoms with Gasteiger partial charge in [-0.2, -0.15) is 0 Å². The minimum absolute atomic E-state index is 0. The van der Waals surface area contributed by atoms with Crippen LogP contribution in [0.2, 0.25) is 0 Å². The quantitative estimate of drug-likeness (QED) is 0.353. The van der Waals surface area contributed by atoms with E-state index in [9.17, 15) is 4.79 Å². The molecule has 2 N–H and O–H groups in total. The summed E-state index contributed by atoms with van der Waals surface area (Å²) in [6.45, 7) is 11.9. The Bertz CT molecular complexity index is 701. The van der Waals surface area contributed by atoms with Crippen molar-refractivity contribution in [1.82, 2.24) is 15.5 Å². The number of amides is 1. The lowest BCUT2D eigenvalue weighted by Gasteiger charge is -2.29. The topological polar surface area (TPSA) is 56.7 Å². The number of carbonyl (C=O) groups excluding carboxylic acids is 1. The molecule has 1 saturated heterocycles. The number of nitrogens with one attached hydrogen (secondary N) is 2. The molecule has 28 heavy (non-hydrogen) atoms. The number of guanidine groups is 1. The monoisotopic (exact) mass is 518 g/mol. The molecular weight excluding hydrogens is 483 g/mol. The van der Waals surface area contributed by atoms with Crippen molar-refractivity contribution in [2.24, 2.45) is 10.4 Å². The molecule has 1 amide bonds. The average molecular weight is 519 g/mol.